The quantitative estimate of drug-likeness (QED) is 0.800. The van der Waals surface area contributed by atoms with Gasteiger partial charge in [-0.1, -0.05) is 6.92 Å². The van der Waals surface area contributed by atoms with Gasteiger partial charge in [-0.15, -0.1) is 0 Å². The van der Waals surface area contributed by atoms with Gasteiger partial charge in [0.2, 0.25) is 0 Å². The van der Waals surface area contributed by atoms with E-state index in [1.807, 2.05) is 18.2 Å². The average molecular weight is 243 g/mol. The summed E-state index contributed by atoms with van der Waals surface area (Å²) in [5, 5.41) is 3.38. The van der Waals surface area contributed by atoms with Crippen molar-refractivity contribution in [3.05, 3.63) is 22.7 Å². The second kappa shape index (κ2) is 4.51. The highest BCUT2D eigenvalue weighted by atomic mass is 79.9. The first-order valence-electron chi connectivity index (χ1n) is 4.45. The first-order valence-corrected chi connectivity index (χ1v) is 5.24. The van der Waals surface area contributed by atoms with E-state index in [1.165, 1.54) is 0 Å². The summed E-state index contributed by atoms with van der Waals surface area (Å²) in [6, 6.07) is 6.28. The third-order valence-corrected chi connectivity index (χ3v) is 2.66. The zero-order valence-electron chi connectivity index (χ0n) is 7.97. The molecule has 0 amide bonds. The molecule has 0 radical (unpaired) electrons. The Bertz CT molecular complexity index is 286. The van der Waals surface area contributed by atoms with Crippen molar-refractivity contribution in [2.24, 2.45) is 0 Å². The molecule has 0 aliphatic heterocycles. The Labute approximate surface area is 87.6 Å². The minimum atomic E-state index is 0.486. The highest BCUT2D eigenvalue weighted by molar-refractivity contribution is 9.10. The molecular weight excluding hydrogens is 228 g/mol. The molecule has 0 spiro atoms. The van der Waals surface area contributed by atoms with E-state index in [-0.39, 0.29) is 0 Å². The lowest BCUT2D eigenvalue weighted by molar-refractivity contribution is 0.763. The van der Waals surface area contributed by atoms with Gasteiger partial charge in [-0.3, -0.25) is 0 Å². The van der Waals surface area contributed by atoms with Crippen molar-refractivity contribution in [1.29, 1.82) is 0 Å². The van der Waals surface area contributed by atoms with Crippen molar-refractivity contribution in [2.75, 3.05) is 11.1 Å². The predicted molar refractivity (Wildman–Crippen MR) is 61.9 cm³/mol. The van der Waals surface area contributed by atoms with Crippen LogP contribution in [0.1, 0.15) is 20.3 Å². The molecule has 0 aromatic heterocycles. The molecule has 1 atom stereocenters. The second-order valence-corrected chi connectivity index (χ2v) is 4.05. The Morgan fingerprint density at radius 1 is 1.54 bits per heavy atom. The van der Waals surface area contributed by atoms with Crippen LogP contribution in [0, 0.1) is 0 Å². The summed E-state index contributed by atoms with van der Waals surface area (Å²) in [5.74, 6) is 0. The number of nitrogens with one attached hydrogen (secondary N) is 1. The molecule has 0 saturated carbocycles. The van der Waals surface area contributed by atoms with E-state index in [0.717, 1.165) is 22.3 Å². The topological polar surface area (TPSA) is 38.0 Å². The smallest absolute Gasteiger partial charge is 0.0488 e. The van der Waals surface area contributed by atoms with Gasteiger partial charge in [0.1, 0.15) is 0 Å². The van der Waals surface area contributed by atoms with Crippen molar-refractivity contribution in [1.82, 2.24) is 0 Å². The third-order valence-electron chi connectivity index (χ3n) is 2.01. The Hall–Kier alpha value is -0.700. The summed E-state index contributed by atoms with van der Waals surface area (Å²) in [5.41, 5.74) is 7.51. The molecular formula is C10H15BrN2. The minimum absolute atomic E-state index is 0.486. The van der Waals surface area contributed by atoms with Gasteiger partial charge in [-0.05, 0) is 47.5 Å². The largest absolute Gasteiger partial charge is 0.399 e. The molecule has 3 heteroatoms. The van der Waals surface area contributed by atoms with Gasteiger partial charge in [0, 0.05) is 21.9 Å². The van der Waals surface area contributed by atoms with Crippen LogP contribution < -0.4 is 11.1 Å². The molecule has 0 aliphatic carbocycles. The average Bonchev–Trinajstić information content (AvgIpc) is 2.09. The predicted octanol–water partition coefficient (Wildman–Crippen LogP) is 3.24. The molecule has 13 heavy (non-hydrogen) atoms. The summed E-state index contributed by atoms with van der Waals surface area (Å²) in [7, 11) is 0. The van der Waals surface area contributed by atoms with Crippen LogP contribution in [0.4, 0.5) is 11.4 Å². The monoisotopic (exact) mass is 242 g/mol. The fourth-order valence-corrected chi connectivity index (χ4v) is 1.53. The van der Waals surface area contributed by atoms with E-state index in [9.17, 15) is 0 Å². The van der Waals surface area contributed by atoms with Gasteiger partial charge in [-0.2, -0.15) is 0 Å². The van der Waals surface area contributed by atoms with E-state index in [1.54, 1.807) is 0 Å². The number of benzene rings is 1. The van der Waals surface area contributed by atoms with Gasteiger partial charge in [0.05, 0.1) is 0 Å². The van der Waals surface area contributed by atoms with Gasteiger partial charge in [0.25, 0.3) is 0 Å². The van der Waals surface area contributed by atoms with Crippen LogP contribution in [0.3, 0.4) is 0 Å². The van der Waals surface area contributed by atoms with Crippen LogP contribution in [0.5, 0.6) is 0 Å². The highest BCUT2D eigenvalue weighted by Crippen LogP contribution is 2.25. The fraction of sp³-hybridized carbons (Fsp3) is 0.400. The lowest BCUT2D eigenvalue weighted by Crippen LogP contribution is -2.13. The van der Waals surface area contributed by atoms with Crippen LogP contribution in [-0.2, 0) is 0 Å². The lowest BCUT2D eigenvalue weighted by atomic mass is 10.2. The minimum Gasteiger partial charge on any atom is -0.399 e. The molecule has 1 aromatic rings. The number of anilines is 2. The van der Waals surface area contributed by atoms with E-state index >= 15 is 0 Å². The Balaban J connectivity index is 2.77. The number of halogens is 1. The number of nitrogen functional groups attached to an aromatic ring is 1. The van der Waals surface area contributed by atoms with E-state index in [2.05, 4.69) is 35.1 Å². The van der Waals surface area contributed by atoms with Crippen molar-refractivity contribution in [3.8, 4) is 0 Å². The number of hydrogen-bond acceptors (Lipinski definition) is 2. The molecule has 0 heterocycles. The van der Waals surface area contributed by atoms with Crippen LogP contribution in [0.25, 0.3) is 0 Å². The van der Waals surface area contributed by atoms with Gasteiger partial charge < -0.3 is 11.1 Å². The van der Waals surface area contributed by atoms with Crippen LogP contribution in [0.15, 0.2) is 22.7 Å². The molecule has 0 fully saturated rings. The maximum atomic E-state index is 5.63. The molecule has 3 N–H and O–H groups in total. The third kappa shape index (κ3) is 2.92. The fourth-order valence-electron chi connectivity index (χ4n) is 1.02. The van der Waals surface area contributed by atoms with Gasteiger partial charge in [0.15, 0.2) is 0 Å². The first kappa shape index (κ1) is 10.4. The number of rotatable bonds is 3. The van der Waals surface area contributed by atoms with Crippen LogP contribution in [-0.4, -0.2) is 6.04 Å². The maximum Gasteiger partial charge on any atom is 0.0488 e. The molecule has 72 valence electrons. The summed E-state index contributed by atoms with van der Waals surface area (Å²) in [6.45, 7) is 4.31. The van der Waals surface area contributed by atoms with Crippen molar-refractivity contribution in [3.63, 3.8) is 0 Å². The second-order valence-electron chi connectivity index (χ2n) is 3.19. The standard InChI is InChI=1S/C10H15BrN2/c1-3-7(2)13-10-5-4-8(12)6-9(10)11/h4-7,13H,3,12H2,1-2H3. The maximum absolute atomic E-state index is 5.63. The Morgan fingerprint density at radius 3 is 2.77 bits per heavy atom. The van der Waals surface area contributed by atoms with Crippen LogP contribution in [0.2, 0.25) is 0 Å². The zero-order valence-corrected chi connectivity index (χ0v) is 9.56. The molecule has 1 unspecified atom stereocenters. The first-order chi connectivity index (χ1) is 6.13. The lowest BCUT2D eigenvalue weighted by Gasteiger charge is -2.14. The summed E-state index contributed by atoms with van der Waals surface area (Å²) < 4.78 is 1.02. The molecule has 0 bridgehead atoms. The molecule has 1 rings (SSSR count). The molecule has 2 nitrogen and oxygen atoms in total. The van der Waals surface area contributed by atoms with Crippen molar-refractivity contribution >= 4 is 27.3 Å². The SMILES string of the molecule is CCC(C)Nc1ccc(N)cc1Br. The summed E-state index contributed by atoms with van der Waals surface area (Å²) in [6.07, 6.45) is 1.11. The molecule has 0 aliphatic rings. The van der Waals surface area contributed by atoms with Crippen molar-refractivity contribution in [2.45, 2.75) is 26.3 Å². The van der Waals surface area contributed by atoms with Crippen molar-refractivity contribution < 1.29 is 0 Å². The number of hydrogen-bond donors (Lipinski definition) is 2. The van der Waals surface area contributed by atoms with E-state index in [4.69, 9.17) is 5.73 Å². The Kier molecular flexibility index (Phi) is 3.60. The van der Waals surface area contributed by atoms with E-state index < -0.39 is 0 Å². The van der Waals surface area contributed by atoms with Gasteiger partial charge in [-0.25, -0.2) is 0 Å². The zero-order chi connectivity index (χ0) is 9.84. The normalized spacial score (nSPS) is 12.5. The Morgan fingerprint density at radius 2 is 2.23 bits per heavy atom. The highest BCUT2D eigenvalue weighted by Gasteiger charge is 2.02. The summed E-state index contributed by atoms with van der Waals surface area (Å²) in [4.78, 5) is 0. The van der Waals surface area contributed by atoms with Crippen LogP contribution >= 0.6 is 15.9 Å². The van der Waals surface area contributed by atoms with E-state index in [0.29, 0.717) is 6.04 Å². The van der Waals surface area contributed by atoms with Gasteiger partial charge >= 0.3 is 0 Å². The molecule has 1 aromatic carbocycles. The molecule has 0 saturated heterocycles. The number of nitrogens with two attached hydrogens (primary N) is 1. The summed E-state index contributed by atoms with van der Waals surface area (Å²) >= 11 is 3.46.